The second-order valence-corrected chi connectivity index (χ2v) is 6.80. The van der Waals surface area contributed by atoms with Crippen molar-refractivity contribution in [1.82, 2.24) is 14.8 Å². The van der Waals surface area contributed by atoms with Crippen LogP contribution in [-0.4, -0.2) is 34.4 Å². The number of pyridine rings is 1. The molecule has 0 fully saturated rings. The lowest BCUT2D eigenvalue weighted by molar-refractivity contribution is -0.119. The molecule has 1 amide bonds. The highest BCUT2D eigenvalue weighted by atomic mass is 16.5. The van der Waals surface area contributed by atoms with Crippen molar-refractivity contribution in [2.75, 3.05) is 19.0 Å². The summed E-state index contributed by atoms with van der Waals surface area (Å²) in [6.45, 7) is 3.17. The van der Waals surface area contributed by atoms with E-state index in [0.29, 0.717) is 11.7 Å². The molecule has 0 saturated carbocycles. The maximum absolute atomic E-state index is 11.8. The molecular weight excluding hydrogens is 340 g/mol. The number of aryl methyl sites for hydroxylation is 1. The predicted octanol–water partition coefficient (Wildman–Crippen LogP) is 3.70. The number of nitrogens with zero attached hydrogens (tertiary/aromatic N) is 3. The number of aromatic nitrogens is 3. The van der Waals surface area contributed by atoms with Crippen LogP contribution in [0.15, 0.2) is 48.7 Å². The first-order chi connectivity index (χ1) is 13.2. The first-order valence-electron chi connectivity index (χ1n) is 9.08. The van der Waals surface area contributed by atoms with E-state index >= 15 is 0 Å². The molecule has 138 valence electrons. The first-order valence-corrected chi connectivity index (χ1v) is 9.08. The van der Waals surface area contributed by atoms with Crippen LogP contribution >= 0.6 is 0 Å². The van der Waals surface area contributed by atoms with Crippen LogP contribution in [0.25, 0.3) is 22.4 Å². The van der Waals surface area contributed by atoms with E-state index in [2.05, 4.69) is 34.0 Å². The van der Waals surface area contributed by atoms with Crippen LogP contribution in [0.4, 0.5) is 5.82 Å². The predicted molar refractivity (Wildman–Crippen MR) is 104 cm³/mol. The molecular formula is C21H22N4O2. The molecule has 1 atom stereocenters. The van der Waals surface area contributed by atoms with Crippen LogP contribution in [-0.2, 0) is 16.1 Å². The summed E-state index contributed by atoms with van der Waals surface area (Å²) in [5.74, 6) is 0.725. The second-order valence-electron chi connectivity index (χ2n) is 6.80. The average molecular weight is 362 g/mol. The van der Waals surface area contributed by atoms with Gasteiger partial charge in [-0.1, -0.05) is 37.3 Å². The summed E-state index contributed by atoms with van der Waals surface area (Å²) in [6, 6.07) is 14.1. The number of hydrogen-bond acceptors (Lipinski definition) is 4. The molecule has 6 heteroatoms. The molecule has 4 rings (SSSR count). The molecule has 0 radical (unpaired) electrons. The van der Waals surface area contributed by atoms with Crippen LogP contribution in [0.3, 0.4) is 0 Å². The normalized spacial score (nSPS) is 15.6. The molecule has 6 nitrogen and oxygen atoms in total. The lowest BCUT2D eigenvalue weighted by Crippen LogP contribution is -2.17. The summed E-state index contributed by atoms with van der Waals surface area (Å²) in [5.41, 5.74) is 5.43. The van der Waals surface area contributed by atoms with Crippen LogP contribution in [0.1, 0.15) is 25.0 Å². The Kier molecular flexibility index (Phi) is 4.73. The van der Waals surface area contributed by atoms with Crippen molar-refractivity contribution in [3.63, 3.8) is 0 Å². The summed E-state index contributed by atoms with van der Waals surface area (Å²) < 4.78 is 6.99. The van der Waals surface area contributed by atoms with E-state index < -0.39 is 0 Å². The fraction of sp³-hybridized carbons (Fsp3) is 0.286. The number of carbonyl (C=O) groups excluding carboxylic acids is 1. The monoisotopic (exact) mass is 362 g/mol. The molecule has 0 bridgehead atoms. The Balaban J connectivity index is 1.81. The van der Waals surface area contributed by atoms with Crippen molar-refractivity contribution < 1.29 is 9.53 Å². The van der Waals surface area contributed by atoms with E-state index in [9.17, 15) is 4.79 Å². The average Bonchev–Trinajstić information content (AvgIpc) is 3.23. The van der Waals surface area contributed by atoms with Gasteiger partial charge in [-0.25, -0.2) is 4.98 Å². The summed E-state index contributed by atoms with van der Waals surface area (Å²) in [4.78, 5) is 16.1. The number of benzene rings is 1. The zero-order chi connectivity index (χ0) is 18.8. The third kappa shape index (κ3) is 3.36. The van der Waals surface area contributed by atoms with E-state index in [1.165, 1.54) is 12.8 Å². The van der Waals surface area contributed by atoms with Gasteiger partial charge in [-0.15, -0.1) is 0 Å². The van der Waals surface area contributed by atoms with Crippen molar-refractivity contribution in [2.45, 2.75) is 25.8 Å². The van der Waals surface area contributed by atoms with Crippen molar-refractivity contribution in [2.24, 2.45) is 0 Å². The van der Waals surface area contributed by atoms with Gasteiger partial charge >= 0.3 is 0 Å². The van der Waals surface area contributed by atoms with Crippen molar-refractivity contribution in [1.29, 1.82) is 0 Å². The molecule has 3 aromatic rings. The molecule has 1 aliphatic heterocycles. The van der Waals surface area contributed by atoms with Gasteiger partial charge in [-0.2, -0.15) is 5.10 Å². The van der Waals surface area contributed by atoms with E-state index in [0.717, 1.165) is 35.3 Å². The SMILES string of the molecule is COCC(=O)Nc1cc(-c2c(-c3ccccc3)nn3c2C(C)CC3)ccn1. The lowest BCUT2D eigenvalue weighted by atomic mass is 9.94. The topological polar surface area (TPSA) is 69.0 Å². The number of anilines is 1. The van der Waals surface area contributed by atoms with Gasteiger partial charge in [0.15, 0.2) is 0 Å². The van der Waals surface area contributed by atoms with Crippen molar-refractivity contribution >= 4 is 11.7 Å². The number of nitrogens with one attached hydrogen (secondary N) is 1. The van der Waals surface area contributed by atoms with Crippen molar-refractivity contribution in [3.05, 3.63) is 54.4 Å². The van der Waals surface area contributed by atoms with Crippen molar-refractivity contribution in [3.8, 4) is 22.4 Å². The number of methoxy groups -OCH3 is 1. The van der Waals surface area contributed by atoms with Crippen LogP contribution in [0.2, 0.25) is 0 Å². The zero-order valence-electron chi connectivity index (χ0n) is 15.5. The highest BCUT2D eigenvalue weighted by Gasteiger charge is 2.28. The number of hydrogen-bond donors (Lipinski definition) is 1. The maximum Gasteiger partial charge on any atom is 0.251 e. The highest BCUT2D eigenvalue weighted by molar-refractivity contribution is 5.92. The van der Waals surface area contributed by atoms with Gasteiger partial charge in [0, 0.05) is 42.6 Å². The lowest BCUT2D eigenvalue weighted by Gasteiger charge is -2.10. The minimum Gasteiger partial charge on any atom is -0.375 e. The standard InChI is InChI=1S/C21H22N4O2/c1-14-9-11-25-21(14)19(20(24-25)15-6-4-3-5-7-15)16-8-10-22-17(12-16)23-18(26)13-27-2/h3-8,10,12,14H,9,11,13H2,1-2H3,(H,22,23,26). The smallest absolute Gasteiger partial charge is 0.251 e. The molecule has 3 heterocycles. The third-order valence-corrected chi connectivity index (χ3v) is 4.87. The summed E-state index contributed by atoms with van der Waals surface area (Å²) in [5, 5.41) is 7.68. The number of rotatable bonds is 5. The van der Waals surface area contributed by atoms with Gasteiger partial charge in [0.2, 0.25) is 0 Å². The summed E-state index contributed by atoms with van der Waals surface area (Å²) >= 11 is 0. The number of ether oxygens (including phenoxy) is 1. The van der Waals surface area contributed by atoms with Gasteiger partial charge < -0.3 is 10.1 Å². The Labute approximate surface area is 158 Å². The third-order valence-electron chi connectivity index (χ3n) is 4.87. The molecule has 0 aliphatic carbocycles. The largest absolute Gasteiger partial charge is 0.375 e. The Morgan fingerprint density at radius 2 is 2.07 bits per heavy atom. The minimum atomic E-state index is -0.223. The fourth-order valence-corrected chi connectivity index (χ4v) is 3.65. The Morgan fingerprint density at radius 3 is 2.85 bits per heavy atom. The number of carbonyl (C=O) groups is 1. The Bertz CT molecular complexity index is 966. The second kappa shape index (κ2) is 7.32. The van der Waals surface area contributed by atoms with Gasteiger partial charge in [-0.05, 0) is 24.1 Å². The summed E-state index contributed by atoms with van der Waals surface area (Å²) in [6.07, 6.45) is 2.81. The quantitative estimate of drug-likeness (QED) is 0.751. The molecule has 1 aliphatic rings. The van der Waals surface area contributed by atoms with Gasteiger partial charge in [0.05, 0.1) is 0 Å². The highest BCUT2D eigenvalue weighted by Crippen LogP contribution is 2.42. The van der Waals surface area contributed by atoms with Crippen LogP contribution < -0.4 is 5.32 Å². The fourth-order valence-electron chi connectivity index (χ4n) is 3.65. The van der Waals surface area contributed by atoms with Crippen LogP contribution in [0, 0.1) is 0 Å². The van der Waals surface area contributed by atoms with Crippen LogP contribution in [0.5, 0.6) is 0 Å². The van der Waals surface area contributed by atoms with E-state index in [-0.39, 0.29) is 12.5 Å². The zero-order valence-corrected chi connectivity index (χ0v) is 15.5. The van der Waals surface area contributed by atoms with E-state index in [4.69, 9.17) is 9.84 Å². The molecule has 1 N–H and O–H groups in total. The molecule has 0 spiro atoms. The van der Waals surface area contributed by atoms with Gasteiger partial charge in [-0.3, -0.25) is 9.48 Å². The first kappa shape index (κ1) is 17.4. The molecule has 1 aromatic carbocycles. The molecule has 0 saturated heterocycles. The summed E-state index contributed by atoms with van der Waals surface area (Å²) in [7, 11) is 1.49. The van der Waals surface area contributed by atoms with Gasteiger partial charge in [0.1, 0.15) is 18.1 Å². The number of fused-ring (bicyclic) bond motifs is 1. The molecule has 27 heavy (non-hydrogen) atoms. The minimum absolute atomic E-state index is 0.00138. The van der Waals surface area contributed by atoms with E-state index in [1.54, 1.807) is 6.20 Å². The molecule has 1 unspecified atom stereocenters. The van der Waals surface area contributed by atoms with Gasteiger partial charge in [0.25, 0.3) is 5.91 Å². The maximum atomic E-state index is 11.8. The molecule has 2 aromatic heterocycles. The Hall–Kier alpha value is -2.99. The Morgan fingerprint density at radius 1 is 1.26 bits per heavy atom. The number of amides is 1. The van der Waals surface area contributed by atoms with E-state index in [1.807, 2.05) is 30.3 Å².